The third kappa shape index (κ3) is 4.84. The van der Waals surface area contributed by atoms with Gasteiger partial charge in [0.25, 0.3) is 0 Å². The summed E-state index contributed by atoms with van der Waals surface area (Å²) in [4.78, 5) is 15.3. The van der Waals surface area contributed by atoms with Gasteiger partial charge in [-0.1, -0.05) is 51.3 Å². The molecule has 160 valence electrons. The molecular formula is C21H18BrCl2F3N2O. The number of aliphatic imine (C=N–C) groups is 1. The predicted octanol–water partition coefficient (Wildman–Crippen LogP) is 6.13. The fourth-order valence-corrected chi connectivity index (χ4v) is 4.60. The maximum absolute atomic E-state index is 14.2. The fourth-order valence-electron chi connectivity index (χ4n) is 3.50. The molecule has 0 aliphatic carbocycles. The Morgan fingerprint density at radius 1 is 1.20 bits per heavy atom. The van der Waals surface area contributed by atoms with Gasteiger partial charge in [0.15, 0.2) is 0 Å². The summed E-state index contributed by atoms with van der Waals surface area (Å²) in [5.74, 6) is -0.118. The molecular weight excluding hydrogens is 504 g/mol. The van der Waals surface area contributed by atoms with Crippen molar-refractivity contribution in [3.63, 3.8) is 0 Å². The summed E-state index contributed by atoms with van der Waals surface area (Å²) in [6.45, 7) is 1.49. The number of alkyl halides is 3. The van der Waals surface area contributed by atoms with Crippen LogP contribution in [0.3, 0.4) is 0 Å². The Hall–Kier alpha value is -1.57. The molecule has 3 nitrogen and oxygen atoms in total. The molecule has 9 heteroatoms. The van der Waals surface area contributed by atoms with Crippen LogP contribution in [0.15, 0.2) is 45.9 Å². The number of carbonyl (C=O) groups excluding carboxylic acids is 1. The van der Waals surface area contributed by atoms with Crippen LogP contribution in [0, 0.1) is 0 Å². The quantitative estimate of drug-likeness (QED) is 0.505. The van der Waals surface area contributed by atoms with E-state index >= 15 is 0 Å². The highest BCUT2D eigenvalue weighted by Crippen LogP contribution is 2.48. The number of carbonyl (C=O) groups is 1. The summed E-state index contributed by atoms with van der Waals surface area (Å²) in [7, 11) is 0. The van der Waals surface area contributed by atoms with Crippen molar-refractivity contribution in [3.05, 3.63) is 67.6 Å². The largest absolute Gasteiger partial charge is 0.400 e. The molecule has 1 N–H and O–H groups in total. The molecule has 1 atom stereocenters. The zero-order valence-electron chi connectivity index (χ0n) is 15.9. The third-order valence-corrected chi connectivity index (χ3v) is 6.30. The molecule has 1 aliphatic heterocycles. The lowest BCUT2D eigenvalue weighted by Gasteiger charge is -2.31. The van der Waals surface area contributed by atoms with Crippen molar-refractivity contribution in [1.82, 2.24) is 5.32 Å². The van der Waals surface area contributed by atoms with Crippen LogP contribution < -0.4 is 5.32 Å². The zero-order chi connectivity index (χ0) is 22.1. The van der Waals surface area contributed by atoms with Gasteiger partial charge in [-0.2, -0.15) is 13.2 Å². The van der Waals surface area contributed by atoms with E-state index in [-0.39, 0.29) is 27.9 Å². The van der Waals surface area contributed by atoms with Crippen LogP contribution in [0.2, 0.25) is 10.0 Å². The highest BCUT2D eigenvalue weighted by Gasteiger charge is 2.58. The summed E-state index contributed by atoms with van der Waals surface area (Å²) in [5.41, 5.74) is -0.234. The molecule has 1 aliphatic rings. The van der Waals surface area contributed by atoms with Crippen LogP contribution >= 0.6 is 39.1 Å². The topological polar surface area (TPSA) is 41.5 Å². The molecule has 1 heterocycles. The maximum atomic E-state index is 14.2. The van der Waals surface area contributed by atoms with Crippen molar-refractivity contribution in [2.75, 3.05) is 13.1 Å². The second-order valence-corrected chi connectivity index (χ2v) is 8.94. The van der Waals surface area contributed by atoms with E-state index in [1.807, 2.05) is 6.07 Å². The van der Waals surface area contributed by atoms with Crippen LogP contribution in [0.5, 0.6) is 0 Å². The van der Waals surface area contributed by atoms with Gasteiger partial charge in [-0.15, -0.1) is 0 Å². The molecule has 0 fully saturated rings. The Morgan fingerprint density at radius 2 is 1.87 bits per heavy atom. The molecule has 1 unspecified atom stereocenters. The first-order chi connectivity index (χ1) is 14.0. The van der Waals surface area contributed by atoms with E-state index in [1.54, 1.807) is 12.1 Å². The van der Waals surface area contributed by atoms with Gasteiger partial charge in [-0.25, -0.2) is 0 Å². The van der Waals surface area contributed by atoms with Crippen LogP contribution in [-0.4, -0.2) is 30.9 Å². The number of amides is 1. The summed E-state index contributed by atoms with van der Waals surface area (Å²) >= 11 is 15.4. The number of benzene rings is 2. The zero-order valence-corrected chi connectivity index (χ0v) is 19.0. The van der Waals surface area contributed by atoms with Crippen molar-refractivity contribution >= 4 is 50.8 Å². The van der Waals surface area contributed by atoms with Gasteiger partial charge in [0, 0.05) is 40.1 Å². The Balaban J connectivity index is 1.87. The van der Waals surface area contributed by atoms with Crippen molar-refractivity contribution in [2.45, 2.75) is 31.4 Å². The number of hydrogen-bond donors (Lipinski definition) is 1. The van der Waals surface area contributed by atoms with Crippen molar-refractivity contribution in [2.24, 2.45) is 4.99 Å². The van der Waals surface area contributed by atoms with Gasteiger partial charge in [-0.05, 0) is 47.4 Å². The van der Waals surface area contributed by atoms with E-state index in [2.05, 4.69) is 26.2 Å². The molecule has 0 saturated carbocycles. The summed E-state index contributed by atoms with van der Waals surface area (Å²) < 4.78 is 43.3. The van der Waals surface area contributed by atoms with E-state index in [4.69, 9.17) is 23.2 Å². The highest BCUT2D eigenvalue weighted by molar-refractivity contribution is 9.10. The molecule has 3 rings (SSSR count). The Labute approximate surface area is 190 Å². The van der Waals surface area contributed by atoms with E-state index in [9.17, 15) is 18.0 Å². The first kappa shape index (κ1) is 23.1. The minimum atomic E-state index is -4.53. The minimum Gasteiger partial charge on any atom is -0.356 e. The summed E-state index contributed by atoms with van der Waals surface area (Å²) in [6.07, 6.45) is -4.23. The lowest BCUT2D eigenvalue weighted by Crippen LogP contribution is -2.43. The second-order valence-electron chi connectivity index (χ2n) is 7.22. The molecule has 0 aromatic heterocycles. The fraction of sp³-hybridized carbons (Fsp3) is 0.333. The predicted molar refractivity (Wildman–Crippen MR) is 117 cm³/mol. The van der Waals surface area contributed by atoms with E-state index < -0.39 is 18.1 Å². The van der Waals surface area contributed by atoms with E-state index in [0.29, 0.717) is 24.2 Å². The van der Waals surface area contributed by atoms with Gasteiger partial charge >= 0.3 is 6.18 Å². The summed E-state index contributed by atoms with van der Waals surface area (Å²) in [6, 6.07) is 9.36. The first-order valence-electron chi connectivity index (χ1n) is 9.12. The first-order valence-corrected chi connectivity index (χ1v) is 10.7. The van der Waals surface area contributed by atoms with E-state index in [0.717, 1.165) is 10.0 Å². The number of rotatable bonds is 5. The Kier molecular flexibility index (Phi) is 6.84. The minimum absolute atomic E-state index is 0.0113. The standard InChI is InChI=1S/C21H18BrCl2F3N2O/c1-12(30)28-5-4-13-2-3-14(6-18(13)22)19-10-20(11-29-19,21(25,26)27)15-7-16(23)9-17(24)8-15/h2-3,6-9H,4-5,10-11H2,1H3,(H,28,30). The van der Waals surface area contributed by atoms with Gasteiger partial charge in [0.2, 0.25) is 5.91 Å². The Bertz CT molecular complexity index is 990. The van der Waals surface area contributed by atoms with Crippen molar-refractivity contribution in [3.8, 4) is 0 Å². The molecule has 2 aromatic rings. The number of nitrogens with zero attached hydrogens (tertiary/aromatic N) is 1. The van der Waals surface area contributed by atoms with Gasteiger partial charge in [0.1, 0.15) is 5.41 Å². The lowest BCUT2D eigenvalue weighted by atomic mass is 9.76. The molecule has 2 aromatic carbocycles. The normalized spacial score (nSPS) is 19.0. The van der Waals surface area contributed by atoms with Crippen LogP contribution in [0.4, 0.5) is 13.2 Å². The van der Waals surface area contributed by atoms with Gasteiger partial charge in [0.05, 0.1) is 6.54 Å². The summed E-state index contributed by atoms with van der Waals surface area (Å²) in [5, 5.41) is 3.02. The monoisotopic (exact) mass is 520 g/mol. The number of nitrogens with one attached hydrogen (secondary N) is 1. The number of halogens is 6. The lowest BCUT2D eigenvalue weighted by molar-refractivity contribution is -0.183. The van der Waals surface area contributed by atoms with Crippen LogP contribution in [-0.2, 0) is 16.6 Å². The number of hydrogen-bond acceptors (Lipinski definition) is 2. The van der Waals surface area contributed by atoms with Gasteiger partial charge < -0.3 is 5.32 Å². The molecule has 0 radical (unpaired) electrons. The second kappa shape index (κ2) is 8.89. The highest BCUT2D eigenvalue weighted by atomic mass is 79.9. The van der Waals surface area contributed by atoms with Crippen LogP contribution in [0.1, 0.15) is 30.0 Å². The SMILES string of the molecule is CC(=O)NCCc1ccc(C2=NCC(c3cc(Cl)cc(Cl)c3)(C(F)(F)F)C2)cc1Br. The average molecular weight is 522 g/mol. The third-order valence-electron chi connectivity index (χ3n) is 5.12. The molecule has 1 amide bonds. The van der Waals surface area contributed by atoms with Crippen LogP contribution in [0.25, 0.3) is 0 Å². The molecule has 0 spiro atoms. The van der Waals surface area contributed by atoms with Gasteiger partial charge in [-0.3, -0.25) is 9.79 Å². The van der Waals surface area contributed by atoms with Crippen molar-refractivity contribution < 1.29 is 18.0 Å². The smallest absolute Gasteiger partial charge is 0.356 e. The Morgan fingerprint density at radius 3 is 2.43 bits per heavy atom. The molecule has 0 bridgehead atoms. The van der Waals surface area contributed by atoms with Crippen molar-refractivity contribution in [1.29, 1.82) is 0 Å². The average Bonchev–Trinajstić information content (AvgIpc) is 3.09. The van der Waals surface area contributed by atoms with E-state index in [1.165, 1.54) is 25.1 Å². The molecule has 0 saturated heterocycles. The molecule has 30 heavy (non-hydrogen) atoms. The maximum Gasteiger partial charge on any atom is 0.400 e.